The molecule has 8 amide bonds. The van der Waals surface area contributed by atoms with E-state index in [1.54, 1.807) is 44.1 Å². The standard InChI is InChI=1S/C64H69N11O13/c1-39(30-51(77)40(2)66-56(78)16-9-8-14-47(76)15-10-27-73-58(80)24-25-59(73)81)61(82)67-45-19-21-48(22-20-45)88-64(85)75-37-46-31-41-12-6-7-13-43(41)36-74(46)63(84)49-32-52(86-5)53(33-50(49)75)87-29-11-17-57(79)68-55-38-72(4)60(69-55)62(83)70-54-23-18-42(34-65-54)44-26-28-71(3)35-44/h6-7,12-13,18-26,28,32-35,38-40,46H,8-11,14-17,27,29-31,36-37H2,1-5H3,(H,66,78)(H,67,82)(H,68,79)(H,65,70,83)/t39-,40+,46-/m0/s1. The molecule has 4 N–H and O–H groups in total. The van der Waals surface area contributed by atoms with Crippen LogP contribution in [0.25, 0.3) is 11.1 Å². The van der Waals surface area contributed by atoms with Gasteiger partial charge in [-0.05, 0) is 98.7 Å². The van der Waals surface area contributed by atoms with Crippen LogP contribution < -0.4 is 40.4 Å². The summed E-state index contributed by atoms with van der Waals surface area (Å²) in [5.41, 5.74) is 4.65. The van der Waals surface area contributed by atoms with Crippen LogP contribution in [0.3, 0.4) is 0 Å². The smallest absolute Gasteiger partial charge is 0.419 e. The number of methoxy groups -OCH3 is 1. The lowest BCUT2D eigenvalue weighted by Gasteiger charge is -2.36. The first-order chi connectivity index (χ1) is 42.3. The second kappa shape index (κ2) is 28.3. The van der Waals surface area contributed by atoms with Gasteiger partial charge < -0.3 is 49.5 Å². The van der Waals surface area contributed by atoms with Crippen molar-refractivity contribution >= 4 is 82.0 Å². The predicted molar refractivity (Wildman–Crippen MR) is 323 cm³/mol. The summed E-state index contributed by atoms with van der Waals surface area (Å²) in [6.45, 7) is 3.68. The summed E-state index contributed by atoms with van der Waals surface area (Å²) in [6.07, 6.45) is 11.0. The lowest BCUT2D eigenvalue weighted by atomic mass is 9.93. The summed E-state index contributed by atoms with van der Waals surface area (Å²) >= 11 is 0. The van der Waals surface area contributed by atoms with E-state index in [-0.39, 0.29) is 128 Å². The Balaban J connectivity index is 0.765. The third kappa shape index (κ3) is 15.6. The molecule has 0 unspecified atom stereocenters. The molecular weight excluding hydrogens is 1130 g/mol. The zero-order chi connectivity index (χ0) is 62.6. The third-order valence-corrected chi connectivity index (χ3v) is 15.3. The van der Waals surface area contributed by atoms with Crippen molar-refractivity contribution in [3.8, 4) is 28.4 Å². The molecule has 0 spiro atoms. The molecule has 6 heterocycles. The molecule has 3 atom stereocenters. The Morgan fingerprint density at radius 1 is 0.739 bits per heavy atom. The Bertz CT molecular complexity index is 3670. The molecule has 0 bridgehead atoms. The molecule has 24 heteroatoms. The van der Waals surface area contributed by atoms with Crippen LogP contribution in [0.2, 0.25) is 0 Å². The number of rotatable bonds is 26. The first-order valence-corrected chi connectivity index (χ1v) is 29.0. The molecule has 3 aliphatic rings. The molecule has 458 valence electrons. The maximum Gasteiger partial charge on any atom is 0.419 e. The van der Waals surface area contributed by atoms with Gasteiger partial charge in [-0.25, -0.2) is 14.8 Å². The number of aromatic nitrogens is 4. The van der Waals surface area contributed by atoms with Gasteiger partial charge in [0.1, 0.15) is 17.4 Å². The van der Waals surface area contributed by atoms with Gasteiger partial charge in [0.2, 0.25) is 23.5 Å². The lowest BCUT2D eigenvalue weighted by Crippen LogP contribution is -2.49. The number of nitrogens with zero attached hydrogens (tertiary/aromatic N) is 7. The molecule has 3 aromatic heterocycles. The molecule has 0 fully saturated rings. The van der Waals surface area contributed by atoms with Gasteiger partial charge in [-0.3, -0.25) is 53.0 Å². The Hall–Kier alpha value is -10.3. The van der Waals surface area contributed by atoms with E-state index in [0.29, 0.717) is 43.7 Å². The van der Waals surface area contributed by atoms with Crippen LogP contribution in [-0.2, 0) is 60.6 Å². The van der Waals surface area contributed by atoms with Gasteiger partial charge in [0, 0.05) is 125 Å². The summed E-state index contributed by atoms with van der Waals surface area (Å²) in [5, 5.41) is 10.9. The average molecular weight is 1200 g/mol. The number of aryl methyl sites for hydroxylation is 2. The molecule has 0 radical (unpaired) electrons. The van der Waals surface area contributed by atoms with Crippen molar-refractivity contribution in [1.29, 1.82) is 0 Å². The van der Waals surface area contributed by atoms with E-state index < -0.39 is 47.7 Å². The number of carbonyl (C=O) groups is 10. The highest BCUT2D eigenvalue weighted by Gasteiger charge is 2.40. The molecule has 88 heavy (non-hydrogen) atoms. The number of pyridine rings is 1. The number of unbranched alkanes of at least 4 members (excludes halogenated alkanes) is 1. The molecule has 6 aromatic rings. The largest absolute Gasteiger partial charge is 0.493 e. The SMILES string of the molecule is COc1cc2c(cc1OCCCC(=O)Nc1cn(C)c(C(=O)Nc3ccc(-c4ccn(C)c4)cn3)n1)N(C(=O)Oc1ccc(NC(=O)[C@@H](C)CC(=O)[C@@H](C)NC(=O)CCCCC(=O)CCCN3C(=O)C=CC3=O)cc1)C[C@@H]1Cc3ccccc3CN1C2=O. The quantitative estimate of drug-likeness (QED) is 0.0305. The van der Waals surface area contributed by atoms with Crippen molar-refractivity contribution in [3.63, 3.8) is 0 Å². The fraction of sp³-hybridized carbons (Fsp3) is 0.344. The highest BCUT2D eigenvalue weighted by molar-refractivity contribution is 6.13. The number of anilines is 4. The van der Waals surface area contributed by atoms with Crippen LogP contribution in [-0.4, -0.2) is 127 Å². The van der Waals surface area contributed by atoms with Crippen molar-refractivity contribution in [2.45, 2.75) is 96.7 Å². The fourth-order valence-electron chi connectivity index (χ4n) is 10.5. The van der Waals surface area contributed by atoms with Gasteiger partial charge in [-0.1, -0.05) is 31.2 Å². The number of hydrogen-bond donors (Lipinski definition) is 4. The number of amides is 8. The Morgan fingerprint density at radius 2 is 1.47 bits per heavy atom. The predicted octanol–water partition coefficient (Wildman–Crippen LogP) is 7.34. The fourth-order valence-corrected chi connectivity index (χ4v) is 10.5. The van der Waals surface area contributed by atoms with E-state index in [1.165, 1.54) is 65.3 Å². The summed E-state index contributed by atoms with van der Waals surface area (Å²) < 4.78 is 21.3. The van der Waals surface area contributed by atoms with E-state index in [1.807, 2.05) is 60.4 Å². The van der Waals surface area contributed by atoms with Gasteiger partial charge in [-0.15, -0.1) is 0 Å². The Labute approximate surface area is 507 Å². The number of benzene rings is 3. The molecule has 24 nitrogen and oxygen atoms in total. The molecule has 3 aromatic carbocycles. The van der Waals surface area contributed by atoms with E-state index >= 15 is 0 Å². The molecule has 0 aliphatic carbocycles. The maximum absolute atomic E-state index is 14.6. The summed E-state index contributed by atoms with van der Waals surface area (Å²) in [5.74, 6) is -2.90. The number of Topliss-reactive ketones (excluding diaryl/α,β-unsaturated/α-hetero) is 2. The second-order valence-corrected chi connectivity index (χ2v) is 22.0. The van der Waals surface area contributed by atoms with Gasteiger partial charge >= 0.3 is 6.09 Å². The van der Waals surface area contributed by atoms with E-state index in [0.717, 1.165) is 27.2 Å². The number of fused-ring (bicyclic) bond motifs is 3. The normalized spacial score (nSPS) is 14.9. The van der Waals surface area contributed by atoms with E-state index in [9.17, 15) is 47.9 Å². The third-order valence-electron chi connectivity index (χ3n) is 15.3. The zero-order valence-electron chi connectivity index (χ0n) is 49.5. The maximum atomic E-state index is 14.6. The number of ether oxygens (including phenoxy) is 3. The monoisotopic (exact) mass is 1200 g/mol. The molecule has 9 rings (SSSR count). The van der Waals surface area contributed by atoms with Crippen LogP contribution >= 0.6 is 0 Å². The Kier molecular flexibility index (Phi) is 20.0. The minimum atomic E-state index is -0.865. The first kappa shape index (κ1) is 62.3. The minimum absolute atomic E-state index is 0.00719. The topological polar surface area (TPSA) is 292 Å². The van der Waals surface area contributed by atoms with Gasteiger partial charge in [0.15, 0.2) is 23.1 Å². The number of carbonyl (C=O) groups excluding carboxylic acids is 10. The number of imidazole rings is 1. The summed E-state index contributed by atoms with van der Waals surface area (Å²) in [4.78, 5) is 143. The van der Waals surface area contributed by atoms with Crippen LogP contribution in [0.1, 0.15) is 104 Å². The van der Waals surface area contributed by atoms with Crippen molar-refractivity contribution in [3.05, 3.63) is 138 Å². The summed E-state index contributed by atoms with van der Waals surface area (Å²) in [6, 6.07) is 21.2. The van der Waals surface area contributed by atoms with Crippen LogP contribution in [0.15, 0.2) is 116 Å². The second-order valence-electron chi connectivity index (χ2n) is 22.0. The lowest BCUT2D eigenvalue weighted by molar-refractivity contribution is -0.137. The molecule has 0 saturated heterocycles. The zero-order valence-corrected chi connectivity index (χ0v) is 49.5. The van der Waals surface area contributed by atoms with Gasteiger partial charge in [0.25, 0.3) is 23.6 Å². The van der Waals surface area contributed by atoms with Gasteiger partial charge in [-0.2, -0.15) is 0 Å². The van der Waals surface area contributed by atoms with E-state index in [4.69, 9.17) is 14.2 Å². The number of hydrogen-bond acceptors (Lipinski definition) is 15. The first-order valence-electron chi connectivity index (χ1n) is 29.0. The molecule has 3 aliphatic heterocycles. The minimum Gasteiger partial charge on any atom is -0.493 e. The molecular formula is C64H69N11O13. The molecule has 0 saturated carbocycles. The number of nitrogens with one attached hydrogen (secondary N) is 4. The van der Waals surface area contributed by atoms with Crippen molar-refractivity contribution in [1.82, 2.24) is 34.2 Å². The van der Waals surface area contributed by atoms with Crippen molar-refractivity contribution in [2.75, 3.05) is 47.7 Å². The number of imide groups is 1. The highest BCUT2D eigenvalue weighted by atomic mass is 16.6. The summed E-state index contributed by atoms with van der Waals surface area (Å²) in [7, 11) is 4.99. The number of ketones is 2. The Morgan fingerprint density at radius 3 is 2.18 bits per heavy atom. The van der Waals surface area contributed by atoms with E-state index in [2.05, 4.69) is 31.2 Å². The van der Waals surface area contributed by atoms with Crippen molar-refractivity contribution in [2.24, 2.45) is 20.0 Å². The van der Waals surface area contributed by atoms with Crippen LogP contribution in [0.5, 0.6) is 17.2 Å². The highest BCUT2D eigenvalue weighted by Crippen LogP contribution is 2.40. The van der Waals surface area contributed by atoms with Crippen LogP contribution in [0.4, 0.5) is 27.8 Å². The van der Waals surface area contributed by atoms with Gasteiger partial charge in [0.05, 0.1) is 43.6 Å². The van der Waals surface area contributed by atoms with Crippen molar-refractivity contribution < 1.29 is 62.2 Å². The van der Waals surface area contributed by atoms with Crippen LogP contribution in [0, 0.1) is 5.92 Å². The average Bonchev–Trinajstić information content (AvgIpc) is 2.09.